The maximum atomic E-state index is 11.9. The molecule has 0 radical (unpaired) electrons. The number of sulfone groups is 1. The molecule has 5 nitrogen and oxygen atoms in total. The van der Waals surface area contributed by atoms with Crippen LogP contribution >= 0.6 is 0 Å². The number of Topliss-reactive ketones (excluding diaryl/α,β-unsaturated/α-hetero) is 1. The minimum absolute atomic E-state index is 0.0845. The van der Waals surface area contributed by atoms with Crippen molar-refractivity contribution in [3.05, 3.63) is 23.8 Å². The van der Waals surface area contributed by atoms with E-state index in [-0.39, 0.29) is 16.8 Å². The molecule has 0 amide bonds. The zero-order valence-electron chi connectivity index (χ0n) is 13.1. The molecule has 6 heteroatoms. The van der Waals surface area contributed by atoms with Crippen molar-refractivity contribution in [3.63, 3.8) is 0 Å². The fourth-order valence-electron chi connectivity index (χ4n) is 2.61. The highest BCUT2D eigenvalue weighted by atomic mass is 32.2. The number of hydrogen-bond acceptors (Lipinski definition) is 5. The third kappa shape index (κ3) is 4.55. The molecular formula is C16H23NO4S. The molecule has 1 unspecified atom stereocenters. The average molecular weight is 325 g/mol. The number of ketones is 1. The first-order valence-corrected chi connectivity index (χ1v) is 9.47. The summed E-state index contributed by atoms with van der Waals surface area (Å²) in [7, 11) is -3.34. The lowest BCUT2D eigenvalue weighted by Crippen LogP contribution is -2.22. The van der Waals surface area contributed by atoms with Crippen LogP contribution in [0, 0.1) is 0 Å². The van der Waals surface area contributed by atoms with Gasteiger partial charge in [-0.1, -0.05) is 0 Å². The van der Waals surface area contributed by atoms with Gasteiger partial charge in [-0.15, -0.1) is 0 Å². The summed E-state index contributed by atoms with van der Waals surface area (Å²) in [5.41, 5.74) is 0.995. The smallest absolute Gasteiger partial charge is 0.177 e. The molecule has 22 heavy (non-hydrogen) atoms. The van der Waals surface area contributed by atoms with Crippen LogP contribution in [-0.4, -0.2) is 39.7 Å². The summed E-state index contributed by atoms with van der Waals surface area (Å²) in [6.07, 6.45) is 5.58. The highest BCUT2D eigenvalue weighted by Crippen LogP contribution is 2.24. The van der Waals surface area contributed by atoms with Crippen LogP contribution in [0.4, 0.5) is 5.69 Å². The van der Waals surface area contributed by atoms with Gasteiger partial charge in [-0.05, 0) is 50.8 Å². The monoisotopic (exact) mass is 325 g/mol. The Morgan fingerprint density at radius 1 is 1.36 bits per heavy atom. The van der Waals surface area contributed by atoms with Gasteiger partial charge in [0.1, 0.15) is 0 Å². The second-order valence-corrected chi connectivity index (χ2v) is 7.73. The molecule has 1 N–H and O–H groups in total. The Morgan fingerprint density at radius 3 is 2.73 bits per heavy atom. The van der Waals surface area contributed by atoms with Crippen molar-refractivity contribution < 1.29 is 17.9 Å². The summed E-state index contributed by atoms with van der Waals surface area (Å²) in [6, 6.07) is 4.65. The second kappa shape index (κ2) is 7.24. The van der Waals surface area contributed by atoms with Crippen molar-refractivity contribution in [1.82, 2.24) is 0 Å². The lowest BCUT2D eigenvalue weighted by Gasteiger charge is -2.23. The molecule has 1 aromatic rings. The number of ether oxygens (including phenoxy) is 1. The summed E-state index contributed by atoms with van der Waals surface area (Å²) in [6.45, 7) is 2.89. The largest absolute Gasteiger partial charge is 0.384 e. The Kier molecular flexibility index (Phi) is 5.58. The van der Waals surface area contributed by atoms with E-state index in [2.05, 4.69) is 5.32 Å². The normalized spacial score (nSPS) is 18.9. The Morgan fingerprint density at radius 2 is 2.14 bits per heavy atom. The van der Waals surface area contributed by atoms with Crippen molar-refractivity contribution in [1.29, 1.82) is 0 Å². The van der Waals surface area contributed by atoms with Gasteiger partial charge in [0, 0.05) is 25.0 Å². The molecule has 1 heterocycles. The Balaban J connectivity index is 2.09. The highest BCUT2D eigenvalue weighted by Gasteiger charge is 2.17. The second-order valence-electron chi connectivity index (χ2n) is 5.74. The molecule has 0 spiro atoms. The average Bonchev–Trinajstić information content (AvgIpc) is 2.47. The van der Waals surface area contributed by atoms with Gasteiger partial charge in [0.2, 0.25) is 0 Å². The van der Waals surface area contributed by atoms with Crippen LogP contribution in [0.5, 0.6) is 0 Å². The zero-order chi connectivity index (χ0) is 16.2. The van der Waals surface area contributed by atoms with E-state index in [0.29, 0.717) is 17.8 Å². The van der Waals surface area contributed by atoms with E-state index < -0.39 is 9.84 Å². The lowest BCUT2D eigenvalue weighted by molar-refractivity contribution is 0.0134. The van der Waals surface area contributed by atoms with E-state index in [1.807, 2.05) is 0 Å². The molecular weight excluding hydrogens is 302 g/mol. The van der Waals surface area contributed by atoms with Crippen molar-refractivity contribution in [2.45, 2.75) is 43.6 Å². The van der Waals surface area contributed by atoms with Crippen LogP contribution in [0.15, 0.2) is 23.1 Å². The van der Waals surface area contributed by atoms with Gasteiger partial charge in [-0.25, -0.2) is 8.42 Å². The number of benzene rings is 1. The maximum absolute atomic E-state index is 11.9. The zero-order valence-corrected chi connectivity index (χ0v) is 13.9. The van der Waals surface area contributed by atoms with Crippen LogP contribution in [-0.2, 0) is 14.6 Å². The lowest BCUT2D eigenvalue weighted by atomic mass is 10.1. The molecule has 2 rings (SSSR count). The molecule has 0 bridgehead atoms. The van der Waals surface area contributed by atoms with Crippen LogP contribution in [0.25, 0.3) is 0 Å². The summed E-state index contributed by atoms with van der Waals surface area (Å²) in [5, 5.41) is 3.15. The van der Waals surface area contributed by atoms with Gasteiger partial charge in [0.15, 0.2) is 15.6 Å². The molecule has 1 aliphatic heterocycles. The Labute approximate surface area is 132 Å². The summed E-state index contributed by atoms with van der Waals surface area (Å²) >= 11 is 0. The van der Waals surface area contributed by atoms with E-state index >= 15 is 0 Å². The van der Waals surface area contributed by atoms with Crippen LogP contribution in [0.2, 0.25) is 0 Å². The first-order valence-electron chi connectivity index (χ1n) is 7.58. The van der Waals surface area contributed by atoms with Gasteiger partial charge in [-0.3, -0.25) is 4.79 Å². The van der Waals surface area contributed by atoms with Gasteiger partial charge < -0.3 is 10.1 Å². The minimum Gasteiger partial charge on any atom is -0.384 e. The molecule has 122 valence electrons. The van der Waals surface area contributed by atoms with Gasteiger partial charge in [0.05, 0.1) is 16.7 Å². The maximum Gasteiger partial charge on any atom is 0.177 e. The molecule has 1 atom stereocenters. The van der Waals surface area contributed by atoms with Crippen molar-refractivity contribution in [3.8, 4) is 0 Å². The number of hydrogen-bond donors (Lipinski definition) is 1. The summed E-state index contributed by atoms with van der Waals surface area (Å²) in [5.74, 6) is -0.0845. The minimum atomic E-state index is -3.34. The number of rotatable bonds is 6. The van der Waals surface area contributed by atoms with E-state index in [9.17, 15) is 13.2 Å². The summed E-state index contributed by atoms with van der Waals surface area (Å²) < 4.78 is 29.4. The number of carbonyl (C=O) groups is 1. The SMILES string of the molecule is CC(=O)c1ccc(S(C)(=O)=O)c(NCCC2CCCCO2)c1. The summed E-state index contributed by atoms with van der Waals surface area (Å²) in [4.78, 5) is 11.7. The van der Waals surface area contributed by atoms with Crippen LogP contribution in [0.3, 0.4) is 0 Å². The topological polar surface area (TPSA) is 72.5 Å². The molecule has 0 aliphatic carbocycles. The fourth-order valence-corrected chi connectivity index (χ4v) is 3.46. The highest BCUT2D eigenvalue weighted by molar-refractivity contribution is 7.90. The third-order valence-electron chi connectivity index (χ3n) is 3.84. The van der Waals surface area contributed by atoms with Crippen molar-refractivity contribution >= 4 is 21.3 Å². The first-order chi connectivity index (χ1) is 10.4. The van der Waals surface area contributed by atoms with Crippen molar-refractivity contribution in [2.24, 2.45) is 0 Å². The van der Waals surface area contributed by atoms with Gasteiger partial charge >= 0.3 is 0 Å². The van der Waals surface area contributed by atoms with Crippen molar-refractivity contribution in [2.75, 3.05) is 24.7 Å². The van der Waals surface area contributed by atoms with Crippen LogP contribution < -0.4 is 5.32 Å². The first kappa shape index (κ1) is 17.0. The Bertz CT molecular complexity index is 634. The van der Waals surface area contributed by atoms with E-state index in [1.165, 1.54) is 25.7 Å². The van der Waals surface area contributed by atoms with Gasteiger partial charge in [-0.2, -0.15) is 0 Å². The number of carbonyl (C=O) groups excluding carboxylic acids is 1. The molecule has 1 aliphatic rings. The number of nitrogens with one attached hydrogen (secondary N) is 1. The fraction of sp³-hybridized carbons (Fsp3) is 0.562. The van der Waals surface area contributed by atoms with Gasteiger partial charge in [0.25, 0.3) is 0 Å². The van der Waals surface area contributed by atoms with E-state index in [0.717, 1.165) is 25.9 Å². The van der Waals surface area contributed by atoms with Crippen LogP contribution in [0.1, 0.15) is 43.0 Å². The molecule has 0 saturated carbocycles. The molecule has 1 aromatic carbocycles. The predicted octanol–water partition coefficient (Wildman–Crippen LogP) is 2.66. The molecule has 1 saturated heterocycles. The van der Waals surface area contributed by atoms with E-state index in [1.54, 1.807) is 12.1 Å². The predicted molar refractivity (Wildman–Crippen MR) is 86.3 cm³/mol. The molecule has 0 aromatic heterocycles. The Hall–Kier alpha value is -1.40. The quantitative estimate of drug-likeness (QED) is 0.814. The number of anilines is 1. The molecule has 1 fully saturated rings. The third-order valence-corrected chi connectivity index (χ3v) is 5.00. The van der Waals surface area contributed by atoms with E-state index in [4.69, 9.17) is 4.74 Å². The standard InChI is InChI=1S/C16H23NO4S/c1-12(18)13-6-7-16(22(2,19)20)15(11-13)17-9-8-14-5-3-4-10-21-14/h6-7,11,14,17H,3-5,8-10H2,1-2H3.